The van der Waals surface area contributed by atoms with E-state index in [-0.39, 0.29) is 30.2 Å². The predicted molar refractivity (Wildman–Crippen MR) is 80.8 cm³/mol. The Morgan fingerprint density at radius 3 is 2.64 bits per heavy atom. The molecule has 0 aromatic carbocycles. The van der Waals surface area contributed by atoms with Crippen molar-refractivity contribution in [3.05, 3.63) is 21.7 Å². The second-order valence-electron chi connectivity index (χ2n) is 5.16. The Hall–Kier alpha value is -1.80. The number of carboxylic acid groups (broad SMARTS) is 1. The van der Waals surface area contributed by atoms with Crippen LogP contribution in [0.5, 0.6) is 0 Å². The lowest BCUT2D eigenvalue weighted by molar-refractivity contribution is -0.142. The third kappa shape index (κ3) is 2.89. The van der Waals surface area contributed by atoms with Crippen LogP contribution in [0.25, 0.3) is 0 Å². The Morgan fingerprint density at radius 2 is 2.09 bits per heavy atom. The van der Waals surface area contributed by atoms with Crippen molar-refractivity contribution in [1.82, 2.24) is 10.2 Å². The third-order valence-corrected chi connectivity index (χ3v) is 4.75. The molecule has 0 aliphatic carbocycles. The van der Waals surface area contributed by atoms with E-state index in [0.717, 1.165) is 0 Å². The number of β-lactam (4-membered cyclic amide) rings is 1. The molecule has 7 nitrogen and oxygen atoms in total. The maximum Gasteiger partial charge on any atom is 0.353 e. The summed E-state index contributed by atoms with van der Waals surface area (Å²) >= 11 is 1.34. The molecule has 2 amide bonds. The van der Waals surface area contributed by atoms with Gasteiger partial charge in [-0.1, -0.05) is 0 Å². The van der Waals surface area contributed by atoms with Crippen molar-refractivity contribution < 1.29 is 24.6 Å². The van der Waals surface area contributed by atoms with Crippen molar-refractivity contribution in [2.24, 2.45) is 0 Å². The summed E-state index contributed by atoms with van der Waals surface area (Å²) in [4.78, 5) is 36.3. The number of rotatable bonds is 6. The van der Waals surface area contributed by atoms with Gasteiger partial charge in [-0.3, -0.25) is 14.5 Å². The zero-order valence-electron chi connectivity index (χ0n) is 12.4. The van der Waals surface area contributed by atoms with Crippen molar-refractivity contribution >= 4 is 29.5 Å². The van der Waals surface area contributed by atoms with E-state index >= 15 is 0 Å². The molecule has 2 heterocycles. The van der Waals surface area contributed by atoms with Gasteiger partial charge in [-0.2, -0.15) is 0 Å². The quantitative estimate of drug-likeness (QED) is 0.362. The van der Waals surface area contributed by atoms with Gasteiger partial charge in [-0.05, 0) is 12.5 Å². The maximum atomic E-state index is 12.1. The Bertz CT molecular complexity index is 596. The number of nitrogens with zero attached hydrogens (tertiary/aromatic N) is 1. The van der Waals surface area contributed by atoms with E-state index in [4.69, 9.17) is 0 Å². The van der Waals surface area contributed by atoms with Gasteiger partial charge >= 0.3 is 5.97 Å². The van der Waals surface area contributed by atoms with Crippen molar-refractivity contribution in [2.45, 2.75) is 26.3 Å². The smallest absolute Gasteiger partial charge is 0.353 e. The highest BCUT2D eigenvalue weighted by molar-refractivity contribution is 8.03. The minimum Gasteiger partial charge on any atom is -0.477 e. The number of carbonyl (C=O) groups is 3. The van der Waals surface area contributed by atoms with Crippen LogP contribution in [0.15, 0.2) is 21.7 Å². The van der Waals surface area contributed by atoms with E-state index < -0.39 is 5.97 Å². The number of hydrogen-bond donors (Lipinski definition) is 3. The molecule has 2 aliphatic heterocycles. The topological polar surface area (TPSA) is 107 Å². The van der Waals surface area contributed by atoms with E-state index in [1.54, 1.807) is 6.92 Å². The third-order valence-electron chi connectivity index (χ3n) is 3.63. The Labute approximate surface area is 132 Å². The molecule has 8 heteroatoms. The first-order valence-corrected chi connectivity index (χ1v) is 7.84. The van der Waals surface area contributed by atoms with Gasteiger partial charge in [-0.25, -0.2) is 4.79 Å². The van der Waals surface area contributed by atoms with Crippen LogP contribution in [-0.2, 0) is 14.4 Å². The summed E-state index contributed by atoms with van der Waals surface area (Å²) in [5.74, 6) is -1.06. The van der Waals surface area contributed by atoms with Crippen molar-refractivity contribution in [3.63, 3.8) is 0 Å². The van der Waals surface area contributed by atoms with Crippen molar-refractivity contribution in [3.8, 4) is 0 Å². The highest BCUT2D eigenvalue weighted by Gasteiger charge is 2.52. The summed E-state index contributed by atoms with van der Waals surface area (Å²) in [5, 5.41) is 21.2. The fourth-order valence-electron chi connectivity index (χ4n) is 2.64. The van der Waals surface area contributed by atoms with Gasteiger partial charge in [0.05, 0.1) is 12.6 Å². The summed E-state index contributed by atoms with van der Waals surface area (Å²) in [7, 11) is 0. The van der Waals surface area contributed by atoms with Crippen LogP contribution in [0.1, 0.15) is 20.3 Å². The zero-order valence-corrected chi connectivity index (χ0v) is 13.2. The average Bonchev–Trinajstić information content (AvgIpc) is 2.78. The molecular weight excluding hydrogens is 308 g/mol. The highest BCUT2D eigenvalue weighted by Crippen LogP contribution is 2.46. The van der Waals surface area contributed by atoms with Gasteiger partial charge in [0.2, 0.25) is 5.91 Å². The minimum absolute atomic E-state index is 0.0253. The number of amides is 2. The summed E-state index contributed by atoms with van der Waals surface area (Å²) < 4.78 is 0. The fraction of sp³-hybridized carbons (Fsp3) is 0.500. The molecule has 120 valence electrons. The van der Waals surface area contributed by atoms with E-state index in [0.29, 0.717) is 34.8 Å². The van der Waals surface area contributed by atoms with Crippen LogP contribution in [0.2, 0.25) is 0 Å². The normalized spacial score (nSPS) is 22.4. The Balaban J connectivity index is 2.12. The van der Waals surface area contributed by atoms with Crippen LogP contribution in [0, 0.1) is 0 Å². The molecule has 0 aromatic rings. The molecule has 22 heavy (non-hydrogen) atoms. The first-order valence-electron chi connectivity index (χ1n) is 6.86. The molecule has 1 atom stereocenters. The molecule has 3 N–H and O–H groups in total. The number of nitrogens with one attached hydrogen (secondary N) is 1. The van der Waals surface area contributed by atoms with Crippen LogP contribution in [0.3, 0.4) is 0 Å². The largest absolute Gasteiger partial charge is 0.477 e. The molecule has 0 radical (unpaired) electrons. The Morgan fingerprint density at radius 1 is 1.41 bits per heavy atom. The number of hydrogen-bond acceptors (Lipinski definition) is 5. The molecule has 1 unspecified atom stereocenters. The summed E-state index contributed by atoms with van der Waals surface area (Å²) in [6, 6.07) is -0.283. The number of fused-ring (bicyclic) bond motifs is 1. The number of thioether (sulfide) groups is 1. The van der Waals surface area contributed by atoms with Crippen LogP contribution in [0.4, 0.5) is 0 Å². The molecule has 0 aromatic heterocycles. The lowest BCUT2D eigenvalue weighted by atomic mass is 9.90. The maximum absolute atomic E-state index is 12.1. The highest BCUT2D eigenvalue weighted by atomic mass is 32.2. The van der Waals surface area contributed by atoms with Crippen molar-refractivity contribution in [2.75, 3.05) is 18.9 Å². The van der Waals surface area contributed by atoms with Crippen LogP contribution >= 0.6 is 11.8 Å². The summed E-state index contributed by atoms with van der Waals surface area (Å²) in [6.45, 7) is 3.32. The molecule has 2 rings (SSSR count). The molecule has 2 aliphatic rings. The van der Waals surface area contributed by atoms with Gasteiger partial charge in [0.1, 0.15) is 5.70 Å². The standard InChI is InChI=1S/C14H18N2O5S/c1-7(6-17)11-9-5-10(22-4-3-15-8(2)18)12(14(20)21)16(9)13(11)19/h9,17H,3-6H2,1-2H3,(H,15,18)(H,20,21). The molecule has 1 saturated heterocycles. The lowest BCUT2D eigenvalue weighted by Crippen LogP contribution is -2.53. The number of carbonyl (C=O) groups excluding carboxylic acids is 2. The van der Waals surface area contributed by atoms with E-state index in [1.165, 1.54) is 23.6 Å². The van der Waals surface area contributed by atoms with Gasteiger partial charge in [0.15, 0.2) is 0 Å². The molecule has 0 spiro atoms. The first-order chi connectivity index (χ1) is 10.4. The van der Waals surface area contributed by atoms with Gasteiger partial charge in [-0.15, -0.1) is 11.8 Å². The second-order valence-corrected chi connectivity index (χ2v) is 6.35. The average molecular weight is 326 g/mol. The van der Waals surface area contributed by atoms with E-state index in [2.05, 4.69) is 5.32 Å². The monoisotopic (exact) mass is 326 g/mol. The number of aliphatic hydroxyl groups excluding tert-OH is 1. The summed E-state index contributed by atoms with van der Waals surface area (Å²) in [6.07, 6.45) is 0.449. The SMILES string of the molecule is CC(=O)NCCSC1=C(C(=O)O)N2C(=O)C(=C(C)CO)C2C1. The molecule has 0 bridgehead atoms. The minimum atomic E-state index is -1.13. The van der Waals surface area contributed by atoms with E-state index in [1.807, 2.05) is 0 Å². The fourth-order valence-corrected chi connectivity index (χ4v) is 3.69. The predicted octanol–water partition coefficient (Wildman–Crippen LogP) is 0.0752. The summed E-state index contributed by atoms with van der Waals surface area (Å²) in [5.41, 5.74) is 1.12. The lowest BCUT2D eigenvalue weighted by Gasteiger charge is -2.39. The second kappa shape index (κ2) is 6.53. The first kappa shape index (κ1) is 16.6. The zero-order chi connectivity index (χ0) is 16.4. The molecular formula is C14H18N2O5S. The Kier molecular flexibility index (Phi) is 4.92. The van der Waals surface area contributed by atoms with Gasteiger partial charge < -0.3 is 15.5 Å². The van der Waals surface area contributed by atoms with E-state index in [9.17, 15) is 24.6 Å². The van der Waals surface area contributed by atoms with Gasteiger partial charge in [0, 0.05) is 36.1 Å². The van der Waals surface area contributed by atoms with Crippen molar-refractivity contribution in [1.29, 1.82) is 0 Å². The van der Waals surface area contributed by atoms with Crippen LogP contribution in [-0.4, -0.2) is 57.8 Å². The van der Waals surface area contributed by atoms with Crippen LogP contribution < -0.4 is 5.32 Å². The number of carboxylic acids is 1. The van der Waals surface area contributed by atoms with Gasteiger partial charge in [0.25, 0.3) is 5.91 Å². The number of aliphatic hydroxyl groups is 1. The molecule has 1 fully saturated rings. The molecule has 0 saturated carbocycles. The number of aliphatic carboxylic acids is 1.